The molecule has 0 spiro atoms. The van der Waals surface area contributed by atoms with Gasteiger partial charge in [0.1, 0.15) is 0 Å². The van der Waals surface area contributed by atoms with Crippen LogP contribution in [-0.2, 0) is 9.59 Å². The van der Waals surface area contributed by atoms with Crippen molar-refractivity contribution < 1.29 is 9.59 Å². The molecule has 0 aliphatic rings. The van der Waals surface area contributed by atoms with Gasteiger partial charge in [0.05, 0.1) is 5.69 Å². The molecule has 0 aliphatic heterocycles. The minimum atomic E-state index is -1.26. The smallest absolute Gasteiger partial charge is 0.267 e. The Morgan fingerprint density at radius 2 is 1.91 bits per heavy atom. The Morgan fingerprint density at radius 1 is 1.22 bits per heavy atom. The summed E-state index contributed by atoms with van der Waals surface area (Å²) in [7, 11) is 3.06. The largest absolute Gasteiger partial charge is 0.347 e. The van der Waals surface area contributed by atoms with E-state index in [9.17, 15) is 14.4 Å². The van der Waals surface area contributed by atoms with Crippen molar-refractivity contribution >= 4 is 27.6 Å². The van der Waals surface area contributed by atoms with E-state index in [0.717, 1.165) is 14.7 Å². The Balaban J connectivity index is 2.58. The Morgan fingerprint density at radius 3 is 2.48 bits per heavy atom. The van der Waals surface area contributed by atoms with Crippen LogP contribution in [-0.4, -0.2) is 40.5 Å². The molecule has 120 valence electrons. The Kier molecular flexibility index (Phi) is 5.10. The molecule has 23 heavy (non-hydrogen) atoms. The highest BCUT2D eigenvalue weighted by molar-refractivity contribution is 9.10. The van der Waals surface area contributed by atoms with E-state index >= 15 is 0 Å². The zero-order chi connectivity index (χ0) is 17.1. The van der Waals surface area contributed by atoms with E-state index in [1.807, 2.05) is 24.3 Å². The van der Waals surface area contributed by atoms with Crippen LogP contribution in [0.3, 0.4) is 0 Å². The molecule has 0 saturated heterocycles. The van der Waals surface area contributed by atoms with Gasteiger partial charge in [-0.25, -0.2) is 4.68 Å². The van der Waals surface area contributed by atoms with E-state index in [0.29, 0.717) is 5.69 Å². The van der Waals surface area contributed by atoms with E-state index < -0.39 is 23.3 Å². The first-order valence-electron chi connectivity index (χ1n) is 6.88. The third-order valence-electron chi connectivity index (χ3n) is 3.25. The molecule has 0 bridgehead atoms. The Bertz CT molecular complexity index is 814. The second kappa shape index (κ2) is 6.87. The summed E-state index contributed by atoms with van der Waals surface area (Å²) in [5.74, 6) is -0.928. The molecule has 1 heterocycles. The molecule has 1 aromatic carbocycles. The van der Waals surface area contributed by atoms with Crippen molar-refractivity contribution in [3.63, 3.8) is 0 Å². The number of aromatic nitrogens is 2. The minimum absolute atomic E-state index is 0.440. The highest BCUT2D eigenvalue weighted by Gasteiger charge is 2.29. The highest BCUT2D eigenvalue weighted by atomic mass is 79.9. The summed E-state index contributed by atoms with van der Waals surface area (Å²) in [6.07, 6.45) is 0. The first kappa shape index (κ1) is 17.1. The third-order valence-corrected chi connectivity index (χ3v) is 3.74. The van der Waals surface area contributed by atoms with Gasteiger partial charge in [-0.15, -0.1) is 0 Å². The molecule has 0 radical (unpaired) electrons. The number of Topliss-reactive ketones (excluding diaryl/α,β-unsaturated/α-hetero) is 1. The molecular weight excluding hydrogens is 362 g/mol. The molecule has 1 unspecified atom stereocenters. The molecule has 0 N–H and O–H groups in total. The molecule has 1 atom stereocenters. The van der Waals surface area contributed by atoms with Crippen LogP contribution in [0.1, 0.15) is 13.0 Å². The van der Waals surface area contributed by atoms with Crippen molar-refractivity contribution in [3.8, 4) is 11.3 Å². The average Bonchev–Trinajstić information content (AvgIpc) is 2.48. The van der Waals surface area contributed by atoms with E-state index in [2.05, 4.69) is 21.0 Å². The number of benzene rings is 1. The number of halogens is 1. The number of amides is 1. The number of hydrogen-bond acceptors (Lipinski definition) is 4. The second-order valence-corrected chi connectivity index (χ2v) is 6.17. The van der Waals surface area contributed by atoms with Crippen molar-refractivity contribution in [1.29, 1.82) is 0 Å². The van der Waals surface area contributed by atoms with Gasteiger partial charge in [0.15, 0.2) is 11.8 Å². The zero-order valence-electron chi connectivity index (χ0n) is 13.0. The van der Waals surface area contributed by atoms with Crippen molar-refractivity contribution in [2.24, 2.45) is 0 Å². The number of likely N-dealkylation sites (N-methyl/N-ethyl adjacent to an activating group) is 1. The van der Waals surface area contributed by atoms with E-state index in [4.69, 9.17) is 0 Å². The molecule has 0 fully saturated rings. The van der Waals surface area contributed by atoms with Crippen LogP contribution in [0.4, 0.5) is 0 Å². The Labute approximate surface area is 141 Å². The summed E-state index contributed by atoms with van der Waals surface area (Å²) in [6.45, 7) is 1.27. The van der Waals surface area contributed by atoms with Crippen LogP contribution in [0.25, 0.3) is 11.3 Å². The normalized spacial score (nSPS) is 11.8. The fourth-order valence-corrected chi connectivity index (χ4v) is 2.51. The van der Waals surface area contributed by atoms with Crippen LogP contribution in [0.15, 0.2) is 45.7 Å². The predicted octanol–water partition coefficient (Wildman–Crippen LogP) is 1.89. The van der Waals surface area contributed by atoms with Crippen molar-refractivity contribution in [3.05, 3.63) is 51.2 Å². The number of carbonyl (C=O) groups is 2. The summed E-state index contributed by atoms with van der Waals surface area (Å²) in [6, 6.07) is 8.99. The van der Waals surface area contributed by atoms with Gasteiger partial charge in [-0.2, -0.15) is 5.10 Å². The SMILES string of the molecule is CC(=O)C(C(=O)N(C)C)n1nc(-c2cccc(Br)c2)ccc1=O. The number of ketones is 1. The molecule has 6 nitrogen and oxygen atoms in total. The summed E-state index contributed by atoms with van der Waals surface area (Å²) in [4.78, 5) is 37.5. The number of nitrogens with zero attached hydrogens (tertiary/aromatic N) is 3. The standard InChI is InChI=1S/C16H16BrN3O3/c1-10(21)15(16(23)19(2)3)20-14(22)8-7-13(18-20)11-5-4-6-12(17)9-11/h4-9,15H,1-3H3. The Hall–Kier alpha value is -2.28. The number of hydrogen-bond donors (Lipinski definition) is 0. The lowest BCUT2D eigenvalue weighted by Crippen LogP contribution is -2.41. The molecule has 1 amide bonds. The monoisotopic (exact) mass is 377 g/mol. The predicted molar refractivity (Wildman–Crippen MR) is 90.0 cm³/mol. The molecule has 1 aromatic heterocycles. The molecular formula is C16H16BrN3O3. The summed E-state index contributed by atoms with van der Waals surface area (Å²) in [5.41, 5.74) is 0.774. The maximum Gasteiger partial charge on any atom is 0.267 e. The number of carbonyl (C=O) groups excluding carboxylic acids is 2. The van der Waals surface area contributed by atoms with Crippen LogP contribution in [0.2, 0.25) is 0 Å². The van der Waals surface area contributed by atoms with Gasteiger partial charge in [-0.05, 0) is 25.1 Å². The molecule has 0 saturated carbocycles. The fraction of sp³-hybridized carbons (Fsp3) is 0.250. The fourth-order valence-electron chi connectivity index (χ4n) is 2.11. The summed E-state index contributed by atoms with van der Waals surface area (Å²) >= 11 is 3.38. The average molecular weight is 378 g/mol. The first-order chi connectivity index (χ1) is 10.8. The van der Waals surface area contributed by atoms with Gasteiger partial charge >= 0.3 is 0 Å². The molecule has 2 rings (SSSR count). The lowest BCUT2D eigenvalue weighted by atomic mass is 10.1. The van der Waals surface area contributed by atoms with Crippen molar-refractivity contribution in [2.45, 2.75) is 13.0 Å². The van der Waals surface area contributed by atoms with Gasteiger partial charge < -0.3 is 4.90 Å². The third kappa shape index (κ3) is 3.73. The number of rotatable bonds is 4. The quantitative estimate of drug-likeness (QED) is 0.762. The van der Waals surface area contributed by atoms with Crippen LogP contribution in [0.5, 0.6) is 0 Å². The van der Waals surface area contributed by atoms with Gasteiger partial charge in [-0.3, -0.25) is 14.4 Å². The molecule has 2 aromatic rings. The van der Waals surface area contributed by atoms with Gasteiger partial charge in [0.25, 0.3) is 11.5 Å². The van der Waals surface area contributed by atoms with Gasteiger partial charge in [0, 0.05) is 30.2 Å². The highest BCUT2D eigenvalue weighted by Crippen LogP contribution is 2.21. The van der Waals surface area contributed by atoms with Crippen molar-refractivity contribution in [1.82, 2.24) is 14.7 Å². The second-order valence-electron chi connectivity index (χ2n) is 5.26. The minimum Gasteiger partial charge on any atom is -0.347 e. The van der Waals surface area contributed by atoms with Crippen LogP contribution < -0.4 is 5.56 Å². The maximum atomic E-state index is 12.2. The van der Waals surface area contributed by atoms with Gasteiger partial charge in [0.2, 0.25) is 0 Å². The topological polar surface area (TPSA) is 72.3 Å². The lowest BCUT2D eigenvalue weighted by molar-refractivity contribution is -0.138. The molecule has 0 aliphatic carbocycles. The van der Waals surface area contributed by atoms with Crippen LogP contribution >= 0.6 is 15.9 Å². The van der Waals surface area contributed by atoms with Crippen LogP contribution in [0, 0.1) is 0 Å². The summed E-state index contributed by atoms with van der Waals surface area (Å²) in [5, 5.41) is 4.22. The zero-order valence-corrected chi connectivity index (χ0v) is 14.6. The maximum absolute atomic E-state index is 12.2. The lowest BCUT2D eigenvalue weighted by Gasteiger charge is -2.19. The van der Waals surface area contributed by atoms with Crippen molar-refractivity contribution in [2.75, 3.05) is 14.1 Å². The summed E-state index contributed by atoms with van der Waals surface area (Å²) < 4.78 is 1.81. The molecule has 7 heteroatoms. The van der Waals surface area contributed by atoms with E-state index in [-0.39, 0.29) is 0 Å². The first-order valence-corrected chi connectivity index (χ1v) is 7.68. The van der Waals surface area contributed by atoms with Gasteiger partial charge in [-0.1, -0.05) is 28.1 Å². The van der Waals surface area contributed by atoms with E-state index in [1.165, 1.54) is 32.0 Å². The van der Waals surface area contributed by atoms with E-state index in [1.54, 1.807) is 6.07 Å².